The molecule has 0 bridgehead atoms. The van der Waals surface area contributed by atoms with Gasteiger partial charge in [-0.25, -0.2) is 15.0 Å². The Kier molecular flexibility index (Phi) is 4.83. The first-order valence-corrected chi connectivity index (χ1v) is 5.81. The highest BCUT2D eigenvalue weighted by molar-refractivity contribution is 5.84. The summed E-state index contributed by atoms with van der Waals surface area (Å²) in [6, 6.07) is 1.75. The van der Waals surface area contributed by atoms with Crippen molar-refractivity contribution >= 4 is 34.7 Å². The second kappa shape index (κ2) is 6.14. The zero-order valence-electron chi connectivity index (χ0n) is 11.8. The third-order valence-electron chi connectivity index (χ3n) is 1.69. The molecule has 1 heterocycles. The summed E-state index contributed by atoms with van der Waals surface area (Å²) in [5.41, 5.74) is 2.76. The van der Waals surface area contributed by atoms with Crippen molar-refractivity contribution in [1.82, 2.24) is 9.97 Å². The van der Waals surface area contributed by atoms with Crippen LogP contribution in [0.15, 0.2) is 21.0 Å². The van der Waals surface area contributed by atoms with Crippen LogP contribution < -0.4 is 0 Å². The second-order valence-corrected chi connectivity index (χ2v) is 4.56. The monoisotopic (exact) mass is 245 g/mol. The highest BCUT2D eigenvalue weighted by atomic mass is 15.1. The predicted molar refractivity (Wildman–Crippen MR) is 77.4 cm³/mol. The molecular formula is C13H19N5. The summed E-state index contributed by atoms with van der Waals surface area (Å²) >= 11 is 0. The number of aromatic nitrogens is 2. The van der Waals surface area contributed by atoms with E-state index in [0.29, 0.717) is 17.6 Å². The first-order valence-electron chi connectivity index (χ1n) is 5.81. The van der Waals surface area contributed by atoms with Crippen molar-refractivity contribution in [3.05, 3.63) is 6.07 Å². The molecule has 1 rings (SSSR count). The van der Waals surface area contributed by atoms with Crippen LogP contribution >= 0.6 is 0 Å². The van der Waals surface area contributed by atoms with E-state index in [2.05, 4.69) is 24.9 Å². The lowest BCUT2D eigenvalue weighted by Crippen LogP contribution is -1.89. The maximum atomic E-state index is 4.32. The Bertz CT molecular complexity index is 426. The number of hydrogen-bond donors (Lipinski definition) is 0. The Labute approximate surface area is 108 Å². The number of nitrogens with zero attached hydrogens (tertiary/aromatic N) is 5. The van der Waals surface area contributed by atoms with E-state index in [1.807, 2.05) is 41.5 Å². The molecule has 0 radical (unpaired) electrons. The van der Waals surface area contributed by atoms with Gasteiger partial charge in [-0.15, -0.1) is 0 Å². The average Bonchev–Trinajstić information content (AvgIpc) is 2.12. The molecule has 0 saturated heterocycles. The fourth-order valence-electron chi connectivity index (χ4n) is 1.23. The standard InChI is InChI=1S/C13H19N5/c1-8(2)14-11-7-12(15-9(3)4)18-13(17-11)16-10(5)6/h7H,1-6H3. The largest absolute Gasteiger partial charge is 0.253 e. The van der Waals surface area contributed by atoms with Crippen LogP contribution in [0.4, 0.5) is 17.6 Å². The first kappa shape index (κ1) is 14.2. The van der Waals surface area contributed by atoms with Gasteiger partial charge in [0.1, 0.15) is 0 Å². The highest BCUT2D eigenvalue weighted by Gasteiger charge is 2.02. The van der Waals surface area contributed by atoms with Gasteiger partial charge in [-0.2, -0.15) is 9.97 Å². The van der Waals surface area contributed by atoms with Gasteiger partial charge in [0, 0.05) is 23.2 Å². The molecule has 0 aliphatic rings. The lowest BCUT2D eigenvalue weighted by Gasteiger charge is -2.01. The van der Waals surface area contributed by atoms with Crippen molar-refractivity contribution in [1.29, 1.82) is 0 Å². The Balaban J connectivity index is 3.33. The Hall–Kier alpha value is -1.91. The van der Waals surface area contributed by atoms with Gasteiger partial charge in [0.15, 0.2) is 11.6 Å². The third kappa shape index (κ3) is 4.95. The number of aliphatic imine (C=N–C) groups is 3. The minimum atomic E-state index is 0.400. The van der Waals surface area contributed by atoms with Crippen LogP contribution in [-0.4, -0.2) is 27.1 Å². The normalized spacial score (nSPS) is 9.67. The zero-order valence-corrected chi connectivity index (χ0v) is 11.8. The molecule has 1 aromatic heterocycles. The molecule has 0 N–H and O–H groups in total. The highest BCUT2D eigenvalue weighted by Crippen LogP contribution is 2.21. The summed E-state index contributed by atoms with van der Waals surface area (Å²) in [4.78, 5) is 21.4. The summed E-state index contributed by atoms with van der Waals surface area (Å²) in [5, 5.41) is 0. The van der Waals surface area contributed by atoms with Crippen LogP contribution in [0.5, 0.6) is 0 Å². The SMILES string of the molecule is CC(C)=Nc1cc(N=C(C)C)nc(N=C(C)C)n1. The number of hydrogen-bond acceptors (Lipinski definition) is 5. The van der Waals surface area contributed by atoms with E-state index >= 15 is 0 Å². The molecule has 5 nitrogen and oxygen atoms in total. The summed E-state index contributed by atoms with van der Waals surface area (Å²) in [5.74, 6) is 1.58. The van der Waals surface area contributed by atoms with E-state index in [9.17, 15) is 0 Å². The average molecular weight is 245 g/mol. The van der Waals surface area contributed by atoms with Crippen LogP contribution in [0.3, 0.4) is 0 Å². The van der Waals surface area contributed by atoms with E-state index in [4.69, 9.17) is 0 Å². The quantitative estimate of drug-likeness (QED) is 0.760. The van der Waals surface area contributed by atoms with Crippen LogP contribution in [0.1, 0.15) is 41.5 Å². The van der Waals surface area contributed by atoms with Gasteiger partial charge in [0.2, 0.25) is 0 Å². The second-order valence-electron chi connectivity index (χ2n) is 4.56. The maximum Gasteiger partial charge on any atom is 0.253 e. The van der Waals surface area contributed by atoms with Crippen LogP contribution in [0.25, 0.3) is 0 Å². The summed E-state index contributed by atoms with van der Waals surface area (Å²) in [6.45, 7) is 11.5. The van der Waals surface area contributed by atoms with E-state index in [0.717, 1.165) is 17.1 Å². The van der Waals surface area contributed by atoms with Crippen molar-refractivity contribution in [3.63, 3.8) is 0 Å². The Morgan fingerprint density at radius 2 is 1.11 bits per heavy atom. The predicted octanol–water partition coefficient (Wildman–Crippen LogP) is 3.81. The van der Waals surface area contributed by atoms with Crippen molar-refractivity contribution < 1.29 is 0 Å². The van der Waals surface area contributed by atoms with E-state index in [1.54, 1.807) is 6.07 Å². The van der Waals surface area contributed by atoms with Gasteiger partial charge < -0.3 is 0 Å². The smallest absolute Gasteiger partial charge is 0.238 e. The van der Waals surface area contributed by atoms with Gasteiger partial charge in [-0.1, -0.05) is 0 Å². The van der Waals surface area contributed by atoms with Gasteiger partial charge in [0.05, 0.1) is 0 Å². The summed E-state index contributed by atoms with van der Waals surface area (Å²) < 4.78 is 0. The van der Waals surface area contributed by atoms with Crippen molar-refractivity contribution in [2.24, 2.45) is 15.0 Å². The molecule has 0 fully saturated rings. The molecule has 0 atom stereocenters. The van der Waals surface area contributed by atoms with Gasteiger partial charge >= 0.3 is 0 Å². The topological polar surface area (TPSA) is 62.9 Å². The Morgan fingerprint density at radius 3 is 1.44 bits per heavy atom. The summed E-state index contributed by atoms with van der Waals surface area (Å²) in [7, 11) is 0. The van der Waals surface area contributed by atoms with Crippen molar-refractivity contribution in [2.45, 2.75) is 41.5 Å². The summed E-state index contributed by atoms with van der Waals surface area (Å²) in [6.07, 6.45) is 0. The third-order valence-corrected chi connectivity index (χ3v) is 1.69. The molecule has 1 aromatic rings. The maximum absolute atomic E-state index is 4.32. The van der Waals surface area contributed by atoms with Crippen LogP contribution in [0.2, 0.25) is 0 Å². The fraction of sp³-hybridized carbons (Fsp3) is 0.462. The molecule has 0 aromatic carbocycles. The lowest BCUT2D eigenvalue weighted by atomic mass is 10.4. The zero-order chi connectivity index (χ0) is 13.7. The minimum absolute atomic E-state index is 0.400. The van der Waals surface area contributed by atoms with E-state index < -0.39 is 0 Å². The van der Waals surface area contributed by atoms with Crippen LogP contribution in [-0.2, 0) is 0 Å². The van der Waals surface area contributed by atoms with E-state index in [1.165, 1.54) is 0 Å². The van der Waals surface area contributed by atoms with Crippen LogP contribution in [0, 0.1) is 0 Å². The minimum Gasteiger partial charge on any atom is -0.238 e. The molecule has 0 aliphatic heterocycles. The van der Waals surface area contributed by atoms with E-state index in [-0.39, 0.29) is 0 Å². The molecular weight excluding hydrogens is 226 g/mol. The molecule has 96 valence electrons. The molecule has 0 spiro atoms. The molecule has 0 aliphatic carbocycles. The number of rotatable bonds is 3. The lowest BCUT2D eigenvalue weighted by molar-refractivity contribution is 1.11. The molecule has 0 amide bonds. The molecule has 0 saturated carbocycles. The first-order chi connectivity index (χ1) is 8.36. The fourth-order valence-corrected chi connectivity index (χ4v) is 1.23. The molecule has 5 heteroatoms. The van der Waals surface area contributed by atoms with Crippen molar-refractivity contribution in [3.8, 4) is 0 Å². The van der Waals surface area contributed by atoms with Gasteiger partial charge in [-0.05, 0) is 41.5 Å². The van der Waals surface area contributed by atoms with Crippen molar-refractivity contribution in [2.75, 3.05) is 0 Å². The molecule has 0 unspecified atom stereocenters. The van der Waals surface area contributed by atoms with Gasteiger partial charge in [0.25, 0.3) is 5.95 Å². The van der Waals surface area contributed by atoms with Gasteiger partial charge in [-0.3, -0.25) is 0 Å². The molecule has 18 heavy (non-hydrogen) atoms. The Morgan fingerprint density at radius 1 is 0.722 bits per heavy atom.